The van der Waals surface area contributed by atoms with Gasteiger partial charge in [-0.2, -0.15) is 0 Å². The number of nitrogens with one attached hydrogen (secondary N) is 3. The molecule has 1 aliphatic heterocycles. The molecular formula is C30H41ClN4O5. The molecule has 2 aliphatic rings. The normalized spacial score (nSPS) is 20.3. The van der Waals surface area contributed by atoms with E-state index in [9.17, 15) is 14.4 Å². The quantitative estimate of drug-likeness (QED) is 0.368. The Balaban J connectivity index is 0.00000441. The van der Waals surface area contributed by atoms with E-state index in [0.717, 1.165) is 68.4 Å². The van der Waals surface area contributed by atoms with Gasteiger partial charge in [-0.3, -0.25) is 9.59 Å². The van der Waals surface area contributed by atoms with Gasteiger partial charge in [-0.05, 0) is 74.8 Å². The molecule has 0 bridgehead atoms. The van der Waals surface area contributed by atoms with Crippen LogP contribution in [0.2, 0.25) is 0 Å². The van der Waals surface area contributed by atoms with Gasteiger partial charge in [0.15, 0.2) is 0 Å². The minimum atomic E-state index is -0.363. The summed E-state index contributed by atoms with van der Waals surface area (Å²) in [5.41, 5.74) is 3.07. The third-order valence-corrected chi connectivity index (χ3v) is 7.86. The standard InChI is InChI=1S/C30H40N4O5.ClH/c1-20-7-4-5-9-25(20)32-30(37)33-26-15-10-21(17-27(26)38-2)18-28(35)34-16-6-8-24(34)19-31-23-13-11-22(12-14-23)29(36)39-3;/h4-5,7,9-10,15,17,22-24,31H,6,8,11-14,16,18-19H2,1-3H3,(H2,32,33,37);1H/t22-,23+,24?;. The van der Waals surface area contributed by atoms with Crippen molar-refractivity contribution in [3.8, 4) is 5.75 Å². The number of benzene rings is 2. The molecule has 0 aromatic heterocycles. The summed E-state index contributed by atoms with van der Waals surface area (Å²) in [4.78, 5) is 39.6. The third-order valence-electron chi connectivity index (χ3n) is 7.86. The first-order valence-electron chi connectivity index (χ1n) is 13.8. The van der Waals surface area contributed by atoms with Gasteiger partial charge in [0.05, 0.1) is 32.2 Å². The van der Waals surface area contributed by atoms with E-state index in [1.54, 1.807) is 13.2 Å². The maximum Gasteiger partial charge on any atom is 0.323 e. The fraction of sp³-hybridized carbons (Fsp3) is 0.500. The summed E-state index contributed by atoms with van der Waals surface area (Å²) < 4.78 is 10.4. The Labute approximate surface area is 242 Å². The molecule has 1 unspecified atom stereocenters. The highest BCUT2D eigenvalue weighted by molar-refractivity contribution is 6.01. The van der Waals surface area contributed by atoms with Crippen molar-refractivity contribution in [2.24, 2.45) is 5.92 Å². The molecule has 3 amide bonds. The summed E-state index contributed by atoms with van der Waals surface area (Å²) >= 11 is 0. The van der Waals surface area contributed by atoms with Crippen LogP contribution in [0.3, 0.4) is 0 Å². The van der Waals surface area contributed by atoms with E-state index >= 15 is 0 Å². The smallest absolute Gasteiger partial charge is 0.323 e. The number of rotatable bonds is 9. The van der Waals surface area contributed by atoms with Crippen molar-refractivity contribution in [2.75, 3.05) is 37.9 Å². The zero-order valence-corrected chi connectivity index (χ0v) is 24.4. The summed E-state index contributed by atoms with van der Waals surface area (Å²) in [5, 5.41) is 9.33. The number of anilines is 2. The van der Waals surface area contributed by atoms with E-state index in [-0.39, 0.29) is 48.7 Å². The number of halogens is 1. The van der Waals surface area contributed by atoms with Gasteiger partial charge in [-0.15, -0.1) is 12.4 Å². The molecule has 0 radical (unpaired) electrons. The SMILES string of the molecule is COc1cc(CC(=O)N2CCCC2CN[C@H]2CC[C@@H](C(=O)OC)CC2)ccc1NC(=O)Nc1ccccc1C.Cl. The number of nitrogens with zero attached hydrogens (tertiary/aromatic N) is 1. The van der Waals surface area contributed by atoms with E-state index < -0.39 is 0 Å². The van der Waals surface area contributed by atoms with Crippen LogP contribution in [0.1, 0.15) is 49.7 Å². The molecule has 9 nitrogen and oxygen atoms in total. The van der Waals surface area contributed by atoms with Gasteiger partial charge in [0.1, 0.15) is 5.75 Å². The van der Waals surface area contributed by atoms with Crippen LogP contribution >= 0.6 is 12.4 Å². The second kappa shape index (κ2) is 14.9. The number of carbonyl (C=O) groups excluding carboxylic acids is 3. The molecule has 1 aliphatic carbocycles. The third kappa shape index (κ3) is 8.11. The number of methoxy groups -OCH3 is 2. The zero-order valence-electron chi connectivity index (χ0n) is 23.5. The largest absolute Gasteiger partial charge is 0.495 e. The highest BCUT2D eigenvalue weighted by Gasteiger charge is 2.31. The second-order valence-electron chi connectivity index (χ2n) is 10.5. The summed E-state index contributed by atoms with van der Waals surface area (Å²) in [5.74, 6) is 0.502. The molecule has 1 atom stereocenters. The van der Waals surface area contributed by atoms with Gasteiger partial charge in [0.25, 0.3) is 0 Å². The van der Waals surface area contributed by atoms with E-state index in [1.165, 1.54) is 7.11 Å². The van der Waals surface area contributed by atoms with Crippen molar-refractivity contribution in [2.45, 2.75) is 64.0 Å². The van der Waals surface area contributed by atoms with Crippen LogP contribution in [0.15, 0.2) is 42.5 Å². The molecule has 2 aromatic rings. The molecule has 1 heterocycles. The number of urea groups is 1. The Bertz CT molecular complexity index is 1170. The minimum Gasteiger partial charge on any atom is -0.495 e. The summed E-state index contributed by atoms with van der Waals surface area (Å²) in [6, 6.07) is 13.2. The van der Waals surface area contributed by atoms with E-state index in [0.29, 0.717) is 17.5 Å². The van der Waals surface area contributed by atoms with Gasteiger partial charge in [0, 0.05) is 30.9 Å². The molecule has 4 rings (SSSR count). The topological polar surface area (TPSA) is 109 Å². The minimum absolute atomic E-state index is 0. The number of hydrogen-bond donors (Lipinski definition) is 3. The number of hydrogen-bond acceptors (Lipinski definition) is 6. The fourth-order valence-corrected chi connectivity index (χ4v) is 5.59. The Morgan fingerprint density at radius 3 is 2.38 bits per heavy atom. The summed E-state index contributed by atoms with van der Waals surface area (Å²) in [7, 11) is 3.00. The molecule has 1 saturated heterocycles. The maximum atomic E-state index is 13.3. The molecule has 2 aromatic carbocycles. The Morgan fingerprint density at radius 2 is 1.68 bits per heavy atom. The second-order valence-corrected chi connectivity index (χ2v) is 10.5. The highest BCUT2D eigenvalue weighted by atomic mass is 35.5. The number of aryl methyl sites for hydroxylation is 1. The average molecular weight is 573 g/mol. The molecular weight excluding hydrogens is 532 g/mol. The predicted octanol–water partition coefficient (Wildman–Crippen LogP) is 4.92. The fourth-order valence-electron chi connectivity index (χ4n) is 5.59. The van der Waals surface area contributed by atoms with Gasteiger partial charge >= 0.3 is 12.0 Å². The average Bonchev–Trinajstić information content (AvgIpc) is 3.43. The van der Waals surface area contributed by atoms with Crippen LogP contribution in [0.4, 0.5) is 16.2 Å². The van der Waals surface area contributed by atoms with Gasteiger partial charge in [0.2, 0.25) is 5.91 Å². The molecule has 218 valence electrons. The molecule has 40 heavy (non-hydrogen) atoms. The Morgan fingerprint density at radius 1 is 0.950 bits per heavy atom. The number of ether oxygens (including phenoxy) is 2. The van der Waals surface area contributed by atoms with Crippen molar-refractivity contribution in [3.05, 3.63) is 53.6 Å². The maximum absolute atomic E-state index is 13.3. The van der Waals surface area contributed by atoms with Gasteiger partial charge < -0.3 is 30.3 Å². The van der Waals surface area contributed by atoms with E-state index in [2.05, 4.69) is 16.0 Å². The molecule has 3 N–H and O–H groups in total. The lowest BCUT2D eigenvalue weighted by atomic mass is 9.86. The molecule has 0 spiro atoms. The van der Waals surface area contributed by atoms with Crippen LogP contribution in [0.5, 0.6) is 5.75 Å². The highest BCUT2D eigenvalue weighted by Crippen LogP contribution is 2.28. The summed E-state index contributed by atoms with van der Waals surface area (Å²) in [6.45, 7) is 3.46. The van der Waals surface area contributed by atoms with E-state index in [1.807, 2.05) is 48.2 Å². The lowest BCUT2D eigenvalue weighted by molar-refractivity contribution is -0.146. The van der Waals surface area contributed by atoms with Crippen molar-refractivity contribution in [3.63, 3.8) is 0 Å². The number of carbonyl (C=O) groups is 3. The Hall–Kier alpha value is -3.30. The number of amides is 3. The van der Waals surface area contributed by atoms with Crippen molar-refractivity contribution in [1.82, 2.24) is 10.2 Å². The van der Waals surface area contributed by atoms with Gasteiger partial charge in [-0.1, -0.05) is 24.3 Å². The van der Waals surface area contributed by atoms with Crippen LogP contribution in [-0.4, -0.2) is 62.2 Å². The molecule has 2 fully saturated rings. The van der Waals surface area contributed by atoms with Crippen LogP contribution in [0, 0.1) is 12.8 Å². The van der Waals surface area contributed by atoms with Crippen LogP contribution in [0.25, 0.3) is 0 Å². The first kappa shape index (κ1) is 31.2. The van der Waals surface area contributed by atoms with Gasteiger partial charge in [-0.25, -0.2) is 4.79 Å². The number of esters is 1. The first-order chi connectivity index (χ1) is 18.9. The monoisotopic (exact) mass is 572 g/mol. The number of likely N-dealkylation sites (tertiary alicyclic amines) is 1. The van der Waals surface area contributed by atoms with Crippen LogP contribution in [-0.2, 0) is 20.7 Å². The van der Waals surface area contributed by atoms with E-state index in [4.69, 9.17) is 9.47 Å². The lowest BCUT2D eigenvalue weighted by Crippen LogP contribution is -2.45. The zero-order chi connectivity index (χ0) is 27.8. The lowest BCUT2D eigenvalue weighted by Gasteiger charge is -2.31. The number of para-hydroxylation sites is 1. The van der Waals surface area contributed by atoms with Crippen molar-refractivity contribution >= 4 is 41.7 Å². The predicted molar refractivity (Wildman–Crippen MR) is 158 cm³/mol. The first-order valence-corrected chi connectivity index (χ1v) is 13.8. The molecule has 1 saturated carbocycles. The van der Waals surface area contributed by atoms with Crippen molar-refractivity contribution < 1.29 is 23.9 Å². The van der Waals surface area contributed by atoms with Crippen molar-refractivity contribution in [1.29, 1.82) is 0 Å². The Kier molecular flexibility index (Phi) is 11.6. The summed E-state index contributed by atoms with van der Waals surface area (Å²) in [6.07, 6.45) is 5.84. The van der Waals surface area contributed by atoms with Crippen LogP contribution < -0.4 is 20.7 Å². The molecule has 10 heteroatoms.